The Balaban J connectivity index is 2.38. The number of rotatable bonds is 3. The zero-order valence-electron chi connectivity index (χ0n) is 6.63. The third kappa shape index (κ3) is 1.70. The van der Waals surface area contributed by atoms with Gasteiger partial charge in [-0.1, -0.05) is 0 Å². The largest absolute Gasteiger partial charge is 0.469 e. The fourth-order valence-electron chi connectivity index (χ4n) is 1.06. The lowest BCUT2D eigenvalue weighted by atomic mass is 9.83. The van der Waals surface area contributed by atoms with Gasteiger partial charge in [0.05, 0.1) is 26.7 Å². The van der Waals surface area contributed by atoms with Crippen molar-refractivity contribution in [3.63, 3.8) is 0 Å². The van der Waals surface area contributed by atoms with Gasteiger partial charge in [0.2, 0.25) is 0 Å². The molecule has 1 saturated heterocycles. The first-order chi connectivity index (χ1) is 5.22. The second-order valence-electron chi connectivity index (χ2n) is 2.95. The van der Waals surface area contributed by atoms with Crippen molar-refractivity contribution in [2.45, 2.75) is 6.42 Å². The minimum atomic E-state index is -0.209. The van der Waals surface area contributed by atoms with Crippen LogP contribution in [0.3, 0.4) is 0 Å². The van der Waals surface area contributed by atoms with Gasteiger partial charge in [0.25, 0.3) is 0 Å². The maximum absolute atomic E-state index is 10.8. The number of esters is 1. The first-order valence-electron chi connectivity index (χ1n) is 3.57. The van der Waals surface area contributed by atoms with Crippen molar-refractivity contribution in [2.24, 2.45) is 11.1 Å². The zero-order chi connectivity index (χ0) is 8.32. The Morgan fingerprint density at radius 2 is 2.36 bits per heavy atom. The molecule has 0 unspecified atom stereocenters. The lowest BCUT2D eigenvalue weighted by molar-refractivity contribution is -0.157. The summed E-state index contributed by atoms with van der Waals surface area (Å²) < 4.78 is 9.52. The van der Waals surface area contributed by atoms with Crippen LogP contribution in [0.25, 0.3) is 0 Å². The summed E-state index contributed by atoms with van der Waals surface area (Å²) in [5.74, 6) is -0.209. The third-order valence-corrected chi connectivity index (χ3v) is 2.00. The molecule has 1 heterocycles. The normalized spacial score (nSPS) is 20.5. The first kappa shape index (κ1) is 8.49. The van der Waals surface area contributed by atoms with Gasteiger partial charge in [0.1, 0.15) is 0 Å². The van der Waals surface area contributed by atoms with Crippen molar-refractivity contribution in [3.8, 4) is 0 Å². The number of methoxy groups -OCH3 is 1. The van der Waals surface area contributed by atoms with Gasteiger partial charge >= 0.3 is 5.97 Å². The lowest BCUT2D eigenvalue weighted by Gasteiger charge is -2.39. The van der Waals surface area contributed by atoms with Gasteiger partial charge in [-0.2, -0.15) is 0 Å². The Hall–Kier alpha value is -0.610. The van der Waals surface area contributed by atoms with E-state index in [9.17, 15) is 4.79 Å². The van der Waals surface area contributed by atoms with E-state index in [2.05, 4.69) is 4.74 Å². The van der Waals surface area contributed by atoms with E-state index in [1.807, 2.05) is 0 Å². The van der Waals surface area contributed by atoms with E-state index in [1.54, 1.807) is 0 Å². The maximum atomic E-state index is 10.8. The van der Waals surface area contributed by atoms with Crippen molar-refractivity contribution in [1.29, 1.82) is 0 Å². The molecule has 1 aliphatic rings. The lowest BCUT2D eigenvalue weighted by Crippen LogP contribution is -2.49. The summed E-state index contributed by atoms with van der Waals surface area (Å²) in [5.41, 5.74) is 5.35. The van der Waals surface area contributed by atoms with E-state index in [0.29, 0.717) is 26.2 Å². The summed E-state index contributed by atoms with van der Waals surface area (Å²) in [6.07, 6.45) is 0.375. The number of ether oxygens (including phenoxy) is 2. The molecular weight excluding hydrogens is 146 g/mol. The van der Waals surface area contributed by atoms with Crippen LogP contribution in [0, 0.1) is 5.41 Å². The molecule has 0 bridgehead atoms. The molecule has 11 heavy (non-hydrogen) atoms. The van der Waals surface area contributed by atoms with Crippen LogP contribution in [0.15, 0.2) is 0 Å². The van der Waals surface area contributed by atoms with Crippen LogP contribution in [0.5, 0.6) is 0 Å². The fraction of sp³-hybridized carbons (Fsp3) is 0.857. The first-order valence-corrected chi connectivity index (χ1v) is 3.57. The second kappa shape index (κ2) is 3.19. The summed E-state index contributed by atoms with van der Waals surface area (Å²) in [6.45, 7) is 1.65. The van der Waals surface area contributed by atoms with Crippen LogP contribution in [0.1, 0.15) is 6.42 Å². The summed E-state index contributed by atoms with van der Waals surface area (Å²) in [4.78, 5) is 10.8. The zero-order valence-corrected chi connectivity index (χ0v) is 6.63. The second-order valence-corrected chi connectivity index (χ2v) is 2.95. The average molecular weight is 159 g/mol. The van der Waals surface area contributed by atoms with E-state index in [-0.39, 0.29) is 11.4 Å². The van der Waals surface area contributed by atoms with E-state index in [4.69, 9.17) is 10.5 Å². The van der Waals surface area contributed by atoms with Gasteiger partial charge in [-0.15, -0.1) is 0 Å². The molecular formula is C7H13NO3. The molecule has 0 aromatic carbocycles. The summed E-state index contributed by atoms with van der Waals surface area (Å²) in [7, 11) is 1.38. The minimum absolute atomic E-state index is 0.132. The monoisotopic (exact) mass is 159 g/mol. The third-order valence-electron chi connectivity index (χ3n) is 2.00. The molecule has 0 aliphatic carbocycles. The quantitative estimate of drug-likeness (QED) is 0.565. The van der Waals surface area contributed by atoms with Crippen molar-refractivity contribution in [1.82, 2.24) is 0 Å². The SMILES string of the molecule is COC(=O)CC1(CN)COC1. The summed E-state index contributed by atoms with van der Waals surface area (Å²) in [6, 6.07) is 0. The van der Waals surface area contributed by atoms with Gasteiger partial charge in [-0.25, -0.2) is 0 Å². The molecule has 0 radical (unpaired) electrons. The van der Waals surface area contributed by atoms with Crippen LogP contribution in [-0.2, 0) is 14.3 Å². The Bertz CT molecular complexity index is 148. The molecule has 0 saturated carbocycles. The van der Waals surface area contributed by atoms with Crippen LogP contribution < -0.4 is 5.73 Å². The summed E-state index contributed by atoms with van der Waals surface area (Å²) in [5, 5.41) is 0. The van der Waals surface area contributed by atoms with Crippen molar-refractivity contribution in [3.05, 3.63) is 0 Å². The van der Waals surface area contributed by atoms with Gasteiger partial charge in [-0.05, 0) is 0 Å². The Morgan fingerprint density at radius 1 is 1.73 bits per heavy atom. The predicted octanol–water partition coefficient (Wildman–Crippen LogP) is -0.475. The molecule has 0 aromatic heterocycles. The molecule has 64 valence electrons. The number of hydrogen-bond donors (Lipinski definition) is 1. The van der Waals surface area contributed by atoms with Crippen LogP contribution >= 0.6 is 0 Å². The van der Waals surface area contributed by atoms with E-state index >= 15 is 0 Å². The molecule has 0 spiro atoms. The number of hydrogen-bond acceptors (Lipinski definition) is 4. The average Bonchev–Trinajstić information content (AvgIpc) is 1.96. The number of carbonyl (C=O) groups excluding carboxylic acids is 1. The van der Waals surface area contributed by atoms with E-state index < -0.39 is 0 Å². The standard InChI is InChI=1S/C7H13NO3/c1-10-6(9)2-7(3-8)4-11-5-7/h2-5,8H2,1H3. The number of carbonyl (C=O) groups is 1. The van der Waals surface area contributed by atoms with E-state index in [1.165, 1.54) is 7.11 Å². The van der Waals surface area contributed by atoms with Crippen molar-refractivity contribution in [2.75, 3.05) is 26.9 Å². The highest BCUT2D eigenvalue weighted by atomic mass is 16.5. The molecule has 4 nitrogen and oxygen atoms in total. The van der Waals surface area contributed by atoms with Gasteiger partial charge in [-0.3, -0.25) is 4.79 Å². The van der Waals surface area contributed by atoms with E-state index in [0.717, 1.165) is 0 Å². The van der Waals surface area contributed by atoms with Gasteiger partial charge in [0, 0.05) is 12.0 Å². The Kier molecular flexibility index (Phi) is 2.46. The molecule has 0 atom stereocenters. The molecule has 4 heteroatoms. The fourth-order valence-corrected chi connectivity index (χ4v) is 1.06. The molecule has 0 aromatic rings. The molecule has 2 N–H and O–H groups in total. The topological polar surface area (TPSA) is 61.5 Å². The van der Waals surface area contributed by atoms with Crippen molar-refractivity contribution >= 4 is 5.97 Å². The van der Waals surface area contributed by atoms with Gasteiger partial charge in [0.15, 0.2) is 0 Å². The predicted molar refractivity (Wildman–Crippen MR) is 38.9 cm³/mol. The molecule has 1 rings (SSSR count). The molecule has 0 amide bonds. The van der Waals surface area contributed by atoms with Crippen molar-refractivity contribution < 1.29 is 14.3 Å². The molecule has 1 fully saturated rings. The van der Waals surface area contributed by atoms with Crippen LogP contribution in [-0.4, -0.2) is 32.8 Å². The minimum Gasteiger partial charge on any atom is -0.469 e. The highest BCUT2D eigenvalue weighted by Gasteiger charge is 2.39. The maximum Gasteiger partial charge on any atom is 0.306 e. The van der Waals surface area contributed by atoms with Gasteiger partial charge < -0.3 is 15.2 Å². The van der Waals surface area contributed by atoms with Crippen LogP contribution in [0.4, 0.5) is 0 Å². The number of nitrogens with two attached hydrogens (primary N) is 1. The van der Waals surface area contributed by atoms with Crippen LogP contribution in [0.2, 0.25) is 0 Å². The highest BCUT2D eigenvalue weighted by molar-refractivity contribution is 5.70. The Labute approximate surface area is 65.7 Å². The highest BCUT2D eigenvalue weighted by Crippen LogP contribution is 2.30. The Morgan fingerprint density at radius 3 is 2.64 bits per heavy atom. The smallest absolute Gasteiger partial charge is 0.306 e. The summed E-state index contributed by atoms with van der Waals surface area (Å²) >= 11 is 0. The molecule has 1 aliphatic heterocycles.